The van der Waals surface area contributed by atoms with Crippen molar-refractivity contribution in [2.24, 2.45) is 7.05 Å². The van der Waals surface area contributed by atoms with Gasteiger partial charge in [-0.25, -0.2) is 4.98 Å². The van der Waals surface area contributed by atoms with Gasteiger partial charge >= 0.3 is 0 Å². The van der Waals surface area contributed by atoms with Gasteiger partial charge in [0.05, 0.1) is 16.9 Å². The van der Waals surface area contributed by atoms with E-state index >= 15 is 0 Å². The van der Waals surface area contributed by atoms with Gasteiger partial charge < -0.3 is 15.2 Å². The molecule has 0 aliphatic heterocycles. The van der Waals surface area contributed by atoms with E-state index in [-0.39, 0.29) is 17.5 Å². The van der Waals surface area contributed by atoms with E-state index in [4.69, 9.17) is 11.6 Å². The molecule has 4 rings (SSSR count). The third-order valence-electron chi connectivity index (χ3n) is 4.40. The van der Waals surface area contributed by atoms with Gasteiger partial charge in [0.15, 0.2) is 5.69 Å². The molecule has 0 radical (unpaired) electrons. The predicted molar refractivity (Wildman–Crippen MR) is 114 cm³/mol. The second kappa shape index (κ2) is 8.22. The molecule has 0 atom stereocenters. The topological polar surface area (TPSA) is 93.8 Å². The number of rotatable bonds is 5. The van der Waals surface area contributed by atoms with Crippen LogP contribution in [0.3, 0.4) is 0 Å². The maximum atomic E-state index is 12.6. The number of aromatic nitrogens is 4. The van der Waals surface area contributed by atoms with Gasteiger partial charge in [-0.15, -0.1) is 0 Å². The van der Waals surface area contributed by atoms with Crippen molar-refractivity contribution < 1.29 is 9.59 Å². The quantitative estimate of drug-likeness (QED) is 0.514. The number of halogens is 1. The van der Waals surface area contributed by atoms with Crippen molar-refractivity contribution in [1.29, 1.82) is 0 Å². The van der Waals surface area contributed by atoms with Crippen LogP contribution in [0.1, 0.15) is 20.8 Å². The van der Waals surface area contributed by atoms with E-state index in [1.54, 1.807) is 56.0 Å². The molecule has 0 aliphatic rings. The molecule has 2 aromatic heterocycles. The Morgan fingerprint density at radius 1 is 1.00 bits per heavy atom. The Hall–Kier alpha value is -3.91. The Morgan fingerprint density at radius 2 is 1.77 bits per heavy atom. The number of benzene rings is 2. The molecule has 0 saturated heterocycles. The first-order chi connectivity index (χ1) is 14.5. The molecule has 0 saturated carbocycles. The number of aryl methyl sites for hydroxylation is 1. The number of carbonyl (C=O) groups excluding carboxylic acids is 2. The Balaban J connectivity index is 1.45. The molecule has 0 fully saturated rings. The minimum Gasteiger partial charge on any atom is -0.321 e. The zero-order chi connectivity index (χ0) is 21.1. The van der Waals surface area contributed by atoms with Crippen LogP contribution in [-0.4, -0.2) is 31.1 Å². The van der Waals surface area contributed by atoms with Crippen molar-refractivity contribution in [3.8, 4) is 5.69 Å². The summed E-state index contributed by atoms with van der Waals surface area (Å²) in [5.74, 6) is -0.398. The number of anilines is 2. The van der Waals surface area contributed by atoms with Crippen molar-refractivity contribution in [2.75, 3.05) is 10.6 Å². The van der Waals surface area contributed by atoms with Gasteiger partial charge in [0, 0.05) is 36.9 Å². The van der Waals surface area contributed by atoms with Gasteiger partial charge in [-0.2, -0.15) is 5.10 Å². The molecule has 9 heteroatoms. The zero-order valence-electron chi connectivity index (χ0n) is 15.9. The van der Waals surface area contributed by atoms with Crippen molar-refractivity contribution >= 4 is 34.9 Å². The largest absolute Gasteiger partial charge is 0.321 e. The molecule has 0 aliphatic carbocycles. The van der Waals surface area contributed by atoms with E-state index in [1.807, 2.05) is 22.9 Å². The predicted octanol–water partition coefficient (Wildman–Crippen LogP) is 3.76. The summed E-state index contributed by atoms with van der Waals surface area (Å²) in [5.41, 5.74) is 2.05. The fraction of sp³-hybridized carbons (Fsp3) is 0.0476. The maximum Gasteiger partial charge on any atom is 0.276 e. The smallest absolute Gasteiger partial charge is 0.276 e. The number of hydrogen-bond acceptors (Lipinski definition) is 4. The molecule has 8 nitrogen and oxygen atoms in total. The number of nitrogens with one attached hydrogen (secondary N) is 2. The van der Waals surface area contributed by atoms with E-state index in [0.717, 1.165) is 5.69 Å². The second-order valence-corrected chi connectivity index (χ2v) is 6.85. The number of hydrogen-bond donors (Lipinski definition) is 2. The van der Waals surface area contributed by atoms with Crippen molar-refractivity contribution in [1.82, 2.24) is 19.3 Å². The molecule has 30 heavy (non-hydrogen) atoms. The first-order valence-electron chi connectivity index (χ1n) is 9.01. The molecule has 4 aromatic rings. The fourth-order valence-corrected chi connectivity index (χ4v) is 3.07. The first kappa shape index (κ1) is 19.4. The molecular formula is C21H17ClN6O2. The Labute approximate surface area is 177 Å². The molecule has 0 spiro atoms. The van der Waals surface area contributed by atoms with E-state index in [9.17, 15) is 9.59 Å². The first-order valence-corrected chi connectivity index (χ1v) is 9.39. The van der Waals surface area contributed by atoms with Gasteiger partial charge in [0.2, 0.25) is 0 Å². The summed E-state index contributed by atoms with van der Waals surface area (Å²) >= 11 is 6.06. The van der Waals surface area contributed by atoms with Crippen LogP contribution in [-0.2, 0) is 7.05 Å². The van der Waals surface area contributed by atoms with Gasteiger partial charge in [0.25, 0.3) is 11.8 Å². The summed E-state index contributed by atoms with van der Waals surface area (Å²) < 4.78 is 3.28. The van der Waals surface area contributed by atoms with Crippen LogP contribution in [0.4, 0.5) is 11.5 Å². The van der Waals surface area contributed by atoms with Crippen LogP contribution in [0, 0.1) is 0 Å². The summed E-state index contributed by atoms with van der Waals surface area (Å²) in [7, 11) is 1.64. The molecule has 0 unspecified atom stereocenters. The number of nitrogens with zero attached hydrogens (tertiary/aromatic N) is 4. The lowest BCUT2D eigenvalue weighted by Gasteiger charge is -2.06. The highest BCUT2D eigenvalue weighted by molar-refractivity contribution is 6.34. The third-order valence-corrected chi connectivity index (χ3v) is 4.73. The number of imidazole rings is 1. The van der Waals surface area contributed by atoms with Crippen LogP contribution >= 0.6 is 11.6 Å². The molecule has 0 bridgehead atoms. The van der Waals surface area contributed by atoms with Gasteiger partial charge in [-0.3, -0.25) is 14.3 Å². The summed E-state index contributed by atoms with van der Waals surface area (Å²) in [5, 5.41) is 10.0. The monoisotopic (exact) mass is 420 g/mol. The molecule has 150 valence electrons. The van der Waals surface area contributed by atoms with Crippen LogP contribution in [0.15, 0.2) is 73.3 Å². The van der Waals surface area contributed by atoms with Crippen molar-refractivity contribution in [2.45, 2.75) is 0 Å². The highest BCUT2D eigenvalue weighted by atomic mass is 35.5. The lowest BCUT2D eigenvalue weighted by Crippen LogP contribution is -2.14. The summed E-state index contributed by atoms with van der Waals surface area (Å²) in [4.78, 5) is 29.0. The maximum absolute atomic E-state index is 12.6. The average molecular weight is 421 g/mol. The number of carbonyl (C=O) groups is 2. The minimum atomic E-state index is -0.390. The Bertz CT molecular complexity index is 1200. The Kier molecular flexibility index (Phi) is 5.32. The molecule has 2 heterocycles. The van der Waals surface area contributed by atoms with Crippen LogP contribution in [0.25, 0.3) is 5.69 Å². The summed E-state index contributed by atoms with van der Waals surface area (Å²) in [6.07, 6.45) is 5.22. The van der Waals surface area contributed by atoms with Gasteiger partial charge in [-0.05, 0) is 36.4 Å². The molecule has 2 N–H and O–H groups in total. The van der Waals surface area contributed by atoms with Gasteiger partial charge in [0.1, 0.15) is 5.82 Å². The standard InChI is InChI=1S/C21H17ClN6O2/c1-27-19(25-20(29)16-4-2-3-5-17(16)22)12-18(26-27)21(30)24-14-6-8-15(9-7-14)28-11-10-23-13-28/h2-13H,1H3,(H,24,30)(H,25,29). The van der Waals surface area contributed by atoms with E-state index in [0.29, 0.717) is 22.1 Å². The van der Waals surface area contributed by atoms with Crippen molar-refractivity contribution in [3.63, 3.8) is 0 Å². The number of amides is 2. The molecular weight excluding hydrogens is 404 g/mol. The van der Waals surface area contributed by atoms with E-state index in [2.05, 4.69) is 20.7 Å². The lowest BCUT2D eigenvalue weighted by molar-refractivity contribution is 0.101. The highest BCUT2D eigenvalue weighted by Crippen LogP contribution is 2.19. The molecule has 2 amide bonds. The van der Waals surface area contributed by atoms with E-state index in [1.165, 1.54) is 10.7 Å². The summed E-state index contributed by atoms with van der Waals surface area (Å²) in [6, 6.07) is 15.5. The zero-order valence-corrected chi connectivity index (χ0v) is 16.7. The van der Waals surface area contributed by atoms with Gasteiger partial charge in [-0.1, -0.05) is 23.7 Å². The van der Waals surface area contributed by atoms with Crippen LogP contribution in [0.5, 0.6) is 0 Å². The summed E-state index contributed by atoms with van der Waals surface area (Å²) in [6.45, 7) is 0. The lowest BCUT2D eigenvalue weighted by atomic mass is 10.2. The molecule has 2 aromatic carbocycles. The third kappa shape index (κ3) is 4.08. The van der Waals surface area contributed by atoms with Crippen LogP contribution in [0.2, 0.25) is 5.02 Å². The highest BCUT2D eigenvalue weighted by Gasteiger charge is 2.16. The average Bonchev–Trinajstić information content (AvgIpc) is 3.39. The second-order valence-electron chi connectivity index (χ2n) is 6.44. The van der Waals surface area contributed by atoms with Crippen LogP contribution < -0.4 is 10.6 Å². The van der Waals surface area contributed by atoms with E-state index < -0.39 is 0 Å². The SMILES string of the molecule is Cn1nc(C(=O)Nc2ccc(-n3ccnc3)cc2)cc1NC(=O)c1ccccc1Cl. The Morgan fingerprint density at radius 3 is 2.47 bits per heavy atom. The minimum absolute atomic E-state index is 0.172. The van der Waals surface area contributed by atoms with Crippen molar-refractivity contribution in [3.05, 3.63) is 89.6 Å². The normalized spacial score (nSPS) is 10.6. The fourth-order valence-electron chi connectivity index (χ4n) is 2.85.